The fourth-order valence-corrected chi connectivity index (χ4v) is 6.32. The Morgan fingerprint density at radius 1 is 1.12 bits per heavy atom. The van der Waals surface area contributed by atoms with Gasteiger partial charge in [-0.3, -0.25) is 4.79 Å². The third-order valence-electron chi connectivity index (χ3n) is 5.87. The molecule has 10 heteroatoms. The van der Waals surface area contributed by atoms with Gasteiger partial charge in [-0.2, -0.15) is 9.30 Å². The number of hydrogen-bond acceptors (Lipinski definition) is 6. The number of hydrogen-bond donors (Lipinski definition) is 0. The highest BCUT2D eigenvalue weighted by atomic mass is 32.2. The van der Waals surface area contributed by atoms with Crippen molar-refractivity contribution in [3.05, 3.63) is 57.9 Å². The predicted molar refractivity (Wildman–Crippen MR) is 132 cm³/mol. The molecule has 0 atom stereocenters. The van der Waals surface area contributed by atoms with Crippen molar-refractivity contribution in [1.82, 2.24) is 8.87 Å². The smallest absolute Gasteiger partial charge is 0.279 e. The highest BCUT2D eigenvalue weighted by molar-refractivity contribution is 7.89. The van der Waals surface area contributed by atoms with E-state index in [2.05, 4.69) is 31.0 Å². The number of benzene rings is 2. The van der Waals surface area contributed by atoms with E-state index < -0.39 is 15.9 Å². The molecule has 182 valence electrons. The molecule has 0 aliphatic carbocycles. The van der Waals surface area contributed by atoms with Crippen molar-refractivity contribution < 1.29 is 22.7 Å². The van der Waals surface area contributed by atoms with Crippen LogP contribution in [0.25, 0.3) is 10.2 Å². The lowest BCUT2D eigenvalue weighted by Gasteiger charge is -2.26. The zero-order valence-electron chi connectivity index (χ0n) is 19.6. The number of carbonyl (C=O) groups is 1. The molecule has 0 unspecified atom stereocenters. The SMILES string of the molecule is CCOCCn1c(=NC(=O)c2ccc(S(=O)(=O)N3CCOCC3)cc2)sc2cc(C)c(C)cc21. The van der Waals surface area contributed by atoms with Crippen molar-refractivity contribution in [2.75, 3.05) is 39.5 Å². The lowest BCUT2D eigenvalue weighted by Crippen LogP contribution is -2.40. The number of aryl methyl sites for hydroxylation is 2. The number of thiazole rings is 1. The number of amides is 1. The summed E-state index contributed by atoms with van der Waals surface area (Å²) in [4.78, 5) is 18.1. The molecule has 1 amide bonds. The molecule has 1 aromatic heterocycles. The maximum atomic E-state index is 13.0. The maximum absolute atomic E-state index is 13.0. The Balaban J connectivity index is 1.65. The fourth-order valence-electron chi connectivity index (χ4n) is 3.78. The Morgan fingerprint density at radius 3 is 2.47 bits per heavy atom. The minimum Gasteiger partial charge on any atom is -0.380 e. The predicted octanol–water partition coefficient (Wildman–Crippen LogP) is 3.12. The molecule has 2 heterocycles. The molecule has 1 saturated heterocycles. The van der Waals surface area contributed by atoms with Crippen LogP contribution in [0.15, 0.2) is 46.3 Å². The van der Waals surface area contributed by atoms with Crippen LogP contribution in [-0.2, 0) is 26.0 Å². The second kappa shape index (κ2) is 10.5. The zero-order chi connectivity index (χ0) is 24.3. The van der Waals surface area contributed by atoms with Crippen LogP contribution in [0, 0.1) is 13.8 Å². The molecule has 0 bridgehead atoms. The summed E-state index contributed by atoms with van der Waals surface area (Å²) in [7, 11) is -3.61. The summed E-state index contributed by atoms with van der Waals surface area (Å²) in [6.45, 7) is 9.20. The Hall–Kier alpha value is -2.37. The van der Waals surface area contributed by atoms with Crippen LogP contribution < -0.4 is 4.80 Å². The normalized spacial score (nSPS) is 15.8. The lowest BCUT2D eigenvalue weighted by atomic mass is 10.1. The molecule has 0 N–H and O–H groups in total. The van der Waals surface area contributed by atoms with Crippen LogP contribution in [0.4, 0.5) is 0 Å². The van der Waals surface area contributed by atoms with Crippen molar-refractivity contribution in [3.8, 4) is 0 Å². The summed E-state index contributed by atoms with van der Waals surface area (Å²) in [5, 5.41) is 0. The minimum atomic E-state index is -3.61. The Morgan fingerprint density at radius 2 is 1.79 bits per heavy atom. The van der Waals surface area contributed by atoms with Crippen molar-refractivity contribution in [2.24, 2.45) is 4.99 Å². The molecular weight excluding hydrogens is 474 g/mol. The fraction of sp³-hybridized carbons (Fsp3) is 0.417. The van der Waals surface area contributed by atoms with Gasteiger partial charge >= 0.3 is 0 Å². The van der Waals surface area contributed by atoms with Gasteiger partial charge in [0.05, 0.1) is 34.9 Å². The Labute approximate surface area is 203 Å². The van der Waals surface area contributed by atoms with Gasteiger partial charge in [-0.05, 0) is 68.3 Å². The quantitative estimate of drug-likeness (QED) is 0.462. The van der Waals surface area contributed by atoms with E-state index in [9.17, 15) is 13.2 Å². The van der Waals surface area contributed by atoms with Gasteiger partial charge in [0.15, 0.2) is 4.80 Å². The van der Waals surface area contributed by atoms with E-state index >= 15 is 0 Å². The van der Waals surface area contributed by atoms with Gasteiger partial charge in [-0.15, -0.1) is 0 Å². The van der Waals surface area contributed by atoms with Crippen molar-refractivity contribution in [2.45, 2.75) is 32.2 Å². The molecule has 34 heavy (non-hydrogen) atoms. The van der Waals surface area contributed by atoms with E-state index in [-0.39, 0.29) is 4.90 Å². The number of morpholine rings is 1. The van der Waals surface area contributed by atoms with E-state index in [1.165, 1.54) is 51.0 Å². The molecule has 1 aliphatic heterocycles. The van der Waals surface area contributed by atoms with Gasteiger partial charge in [-0.25, -0.2) is 8.42 Å². The molecule has 0 saturated carbocycles. The standard InChI is InChI=1S/C24H29N3O5S2/c1-4-31-14-11-27-21-15-17(2)18(3)16-22(21)33-24(27)25-23(28)19-5-7-20(8-6-19)34(29,30)26-9-12-32-13-10-26/h5-8,15-16H,4,9-14H2,1-3H3. The third kappa shape index (κ3) is 5.16. The lowest BCUT2D eigenvalue weighted by molar-refractivity contribution is 0.0730. The first kappa shape index (κ1) is 24.7. The molecule has 4 rings (SSSR count). The monoisotopic (exact) mass is 503 g/mol. The zero-order valence-corrected chi connectivity index (χ0v) is 21.2. The molecule has 1 aliphatic rings. The van der Waals surface area contributed by atoms with E-state index in [0.717, 1.165) is 10.2 Å². The van der Waals surface area contributed by atoms with E-state index in [0.29, 0.717) is 56.4 Å². The van der Waals surface area contributed by atoms with Gasteiger partial charge in [0.25, 0.3) is 5.91 Å². The molecule has 2 aromatic carbocycles. The molecule has 0 spiro atoms. The number of nitrogens with zero attached hydrogens (tertiary/aromatic N) is 3. The number of fused-ring (bicyclic) bond motifs is 1. The van der Waals surface area contributed by atoms with Crippen LogP contribution >= 0.6 is 11.3 Å². The van der Waals surface area contributed by atoms with Crippen LogP contribution in [0.3, 0.4) is 0 Å². The first-order chi connectivity index (χ1) is 16.3. The summed E-state index contributed by atoms with van der Waals surface area (Å²) in [5.74, 6) is -0.416. The number of sulfonamides is 1. The highest BCUT2D eigenvalue weighted by Crippen LogP contribution is 2.22. The van der Waals surface area contributed by atoms with Gasteiger partial charge in [0.2, 0.25) is 10.0 Å². The largest absolute Gasteiger partial charge is 0.380 e. The van der Waals surface area contributed by atoms with Crippen LogP contribution in [0.1, 0.15) is 28.4 Å². The second-order valence-electron chi connectivity index (χ2n) is 8.10. The summed E-state index contributed by atoms with van der Waals surface area (Å²) in [6, 6.07) is 10.2. The van der Waals surface area contributed by atoms with Gasteiger partial charge < -0.3 is 14.0 Å². The number of rotatable bonds is 7. The van der Waals surface area contributed by atoms with Crippen LogP contribution in [-0.4, -0.2) is 62.7 Å². The summed E-state index contributed by atoms with van der Waals surface area (Å²) in [5.41, 5.74) is 3.71. The third-order valence-corrected chi connectivity index (χ3v) is 8.82. The first-order valence-corrected chi connectivity index (χ1v) is 13.5. The van der Waals surface area contributed by atoms with Crippen molar-refractivity contribution in [3.63, 3.8) is 0 Å². The second-order valence-corrected chi connectivity index (χ2v) is 11.0. The Bertz CT molecular complexity index is 1350. The van der Waals surface area contributed by atoms with Crippen molar-refractivity contribution in [1.29, 1.82) is 0 Å². The average Bonchev–Trinajstić information content (AvgIpc) is 3.15. The van der Waals surface area contributed by atoms with Crippen LogP contribution in [0.5, 0.6) is 0 Å². The van der Waals surface area contributed by atoms with E-state index in [1.807, 2.05) is 11.5 Å². The topological polar surface area (TPSA) is 90.2 Å². The molecular formula is C24H29N3O5S2. The van der Waals surface area contributed by atoms with E-state index in [1.54, 1.807) is 0 Å². The minimum absolute atomic E-state index is 0.158. The molecule has 8 nitrogen and oxygen atoms in total. The van der Waals surface area contributed by atoms with Crippen LogP contribution in [0.2, 0.25) is 0 Å². The molecule has 0 radical (unpaired) electrons. The highest BCUT2D eigenvalue weighted by Gasteiger charge is 2.26. The van der Waals surface area contributed by atoms with Gasteiger partial charge in [0, 0.05) is 31.8 Å². The number of carbonyl (C=O) groups excluding carboxylic acids is 1. The molecule has 3 aromatic rings. The van der Waals surface area contributed by atoms with Crippen molar-refractivity contribution >= 4 is 37.5 Å². The first-order valence-electron chi connectivity index (χ1n) is 11.3. The Kier molecular flexibility index (Phi) is 7.63. The summed E-state index contributed by atoms with van der Waals surface area (Å²) >= 11 is 1.46. The summed E-state index contributed by atoms with van der Waals surface area (Å²) in [6.07, 6.45) is 0. The van der Waals surface area contributed by atoms with Gasteiger partial charge in [0.1, 0.15) is 0 Å². The summed E-state index contributed by atoms with van der Waals surface area (Å²) < 4.78 is 40.9. The average molecular weight is 504 g/mol. The number of aromatic nitrogens is 1. The molecule has 1 fully saturated rings. The maximum Gasteiger partial charge on any atom is 0.279 e. The number of ether oxygens (including phenoxy) is 2. The van der Waals surface area contributed by atoms with E-state index in [4.69, 9.17) is 9.47 Å². The van der Waals surface area contributed by atoms with Gasteiger partial charge in [-0.1, -0.05) is 11.3 Å².